The van der Waals surface area contributed by atoms with Crippen LogP contribution in [0.3, 0.4) is 0 Å². The number of aliphatic imine (C=N–C) groups is 1. The molecule has 1 atom stereocenters. The van der Waals surface area contributed by atoms with Gasteiger partial charge in [0, 0.05) is 11.8 Å². The smallest absolute Gasteiger partial charge is 0.309 e. The average molecular weight is 337 g/mol. The molecule has 25 heavy (non-hydrogen) atoms. The van der Waals surface area contributed by atoms with Crippen LogP contribution in [-0.2, 0) is 22.4 Å². The number of hydrogen-bond donors (Lipinski definition) is 0. The fourth-order valence-electron chi connectivity index (χ4n) is 2.84. The minimum atomic E-state index is -0.332. The van der Waals surface area contributed by atoms with Crippen LogP contribution in [0, 0.1) is 5.92 Å². The first-order chi connectivity index (χ1) is 12.1. The van der Waals surface area contributed by atoms with Gasteiger partial charge >= 0.3 is 5.97 Å². The minimum absolute atomic E-state index is 0.0209. The van der Waals surface area contributed by atoms with E-state index in [1.807, 2.05) is 24.3 Å². The number of Topliss-reactive ketones (excluding diaryl/α,β-unsaturated/α-hetero) is 1. The highest BCUT2D eigenvalue weighted by molar-refractivity contribution is 6.12. The van der Waals surface area contributed by atoms with E-state index >= 15 is 0 Å². The Labute approximate surface area is 146 Å². The summed E-state index contributed by atoms with van der Waals surface area (Å²) < 4.78 is 9.83. The van der Waals surface area contributed by atoms with Gasteiger partial charge in [-0.1, -0.05) is 18.2 Å². The number of ketones is 1. The Morgan fingerprint density at radius 2 is 1.80 bits per heavy atom. The molecule has 1 heterocycles. The lowest BCUT2D eigenvalue weighted by atomic mass is 9.88. The maximum absolute atomic E-state index is 12.8. The largest absolute Gasteiger partial charge is 0.497 e. The van der Waals surface area contributed by atoms with Crippen LogP contribution in [-0.4, -0.2) is 32.2 Å². The SMILES string of the molecule is COC(=O)Cc1ccc2c(c1)C(=O)C(Cc1ccc(OC)cc1)C=N2. The number of methoxy groups -OCH3 is 2. The number of esters is 1. The van der Waals surface area contributed by atoms with Gasteiger partial charge in [0.05, 0.1) is 32.2 Å². The quantitative estimate of drug-likeness (QED) is 0.786. The second-order valence-electron chi connectivity index (χ2n) is 5.91. The van der Waals surface area contributed by atoms with Crippen molar-refractivity contribution < 1.29 is 19.1 Å². The van der Waals surface area contributed by atoms with E-state index in [2.05, 4.69) is 9.73 Å². The molecule has 0 fully saturated rings. The molecule has 0 spiro atoms. The molecule has 1 aliphatic heterocycles. The van der Waals surface area contributed by atoms with Crippen LogP contribution in [0.25, 0.3) is 0 Å². The van der Waals surface area contributed by atoms with Crippen molar-refractivity contribution in [2.45, 2.75) is 12.8 Å². The fourth-order valence-corrected chi connectivity index (χ4v) is 2.84. The molecule has 2 aromatic rings. The Morgan fingerprint density at radius 3 is 2.48 bits per heavy atom. The monoisotopic (exact) mass is 337 g/mol. The number of nitrogens with zero attached hydrogens (tertiary/aromatic N) is 1. The van der Waals surface area contributed by atoms with E-state index in [0.717, 1.165) is 16.9 Å². The molecule has 0 saturated carbocycles. The Hall–Kier alpha value is -2.95. The van der Waals surface area contributed by atoms with Gasteiger partial charge in [-0.3, -0.25) is 14.6 Å². The first-order valence-corrected chi connectivity index (χ1v) is 8.02. The molecular weight excluding hydrogens is 318 g/mol. The van der Waals surface area contributed by atoms with Crippen LogP contribution in [0.4, 0.5) is 5.69 Å². The summed E-state index contributed by atoms with van der Waals surface area (Å²) in [6, 6.07) is 13.0. The molecule has 0 N–H and O–H groups in total. The Kier molecular flexibility index (Phi) is 4.93. The highest BCUT2D eigenvalue weighted by Crippen LogP contribution is 2.29. The number of fused-ring (bicyclic) bond motifs is 1. The Bertz CT molecular complexity index is 824. The number of carbonyl (C=O) groups excluding carboxylic acids is 2. The molecule has 1 unspecified atom stereocenters. The first-order valence-electron chi connectivity index (χ1n) is 8.02. The van der Waals surface area contributed by atoms with Gasteiger partial charge in [-0.15, -0.1) is 0 Å². The van der Waals surface area contributed by atoms with Crippen LogP contribution < -0.4 is 4.74 Å². The summed E-state index contributed by atoms with van der Waals surface area (Å²) in [7, 11) is 2.97. The Morgan fingerprint density at radius 1 is 1.08 bits per heavy atom. The number of carbonyl (C=O) groups is 2. The molecule has 0 saturated heterocycles. The van der Waals surface area contributed by atoms with Gasteiger partial charge in [-0.05, 0) is 41.8 Å². The summed E-state index contributed by atoms with van der Waals surface area (Å²) in [5, 5.41) is 0. The number of benzene rings is 2. The van der Waals surface area contributed by atoms with Crippen molar-refractivity contribution >= 4 is 23.7 Å². The standard InChI is InChI=1S/C20H19NO4/c1-24-16-6-3-13(4-7-16)9-15-12-21-18-8-5-14(11-19(22)25-2)10-17(18)20(15)23/h3-8,10,12,15H,9,11H2,1-2H3. The maximum atomic E-state index is 12.8. The van der Waals surface area contributed by atoms with Crippen LogP contribution >= 0.6 is 0 Å². The molecule has 1 aliphatic rings. The van der Waals surface area contributed by atoms with E-state index in [-0.39, 0.29) is 24.1 Å². The van der Waals surface area contributed by atoms with Crippen molar-refractivity contribution in [2.24, 2.45) is 10.9 Å². The van der Waals surface area contributed by atoms with Crippen LogP contribution in [0.1, 0.15) is 21.5 Å². The van der Waals surface area contributed by atoms with Gasteiger partial charge in [0.2, 0.25) is 0 Å². The predicted molar refractivity (Wildman–Crippen MR) is 94.8 cm³/mol. The topological polar surface area (TPSA) is 65.0 Å². The average Bonchev–Trinajstić information content (AvgIpc) is 2.65. The van der Waals surface area contributed by atoms with E-state index in [9.17, 15) is 9.59 Å². The van der Waals surface area contributed by atoms with E-state index in [0.29, 0.717) is 17.7 Å². The molecule has 0 aliphatic carbocycles. The molecule has 128 valence electrons. The molecule has 2 aromatic carbocycles. The molecule has 3 rings (SSSR count). The van der Waals surface area contributed by atoms with Crippen LogP contribution in [0.2, 0.25) is 0 Å². The van der Waals surface area contributed by atoms with Crippen molar-refractivity contribution in [1.29, 1.82) is 0 Å². The number of rotatable bonds is 5. The van der Waals surface area contributed by atoms with E-state index in [4.69, 9.17) is 4.74 Å². The van der Waals surface area contributed by atoms with Crippen molar-refractivity contribution in [3.63, 3.8) is 0 Å². The summed E-state index contributed by atoms with van der Waals surface area (Å²) >= 11 is 0. The van der Waals surface area contributed by atoms with Crippen LogP contribution in [0.5, 0.6) is 5.75 Å². The zero-order valence-corrected chi connectivity index (χ0v) is 14.2. The lowest BCUT2D eigenvalue weighted by molar-refractivity contribution is -0.139. The molecule has 5 nitrogen and oxygen atoms in total. The summed E-state index contributed by atoms with van der Waals surface area (Å²) in [5.41, 5.74) is 2.99. The first kappa shape index (κ1) is 16.9. The third kappa shape index (κ3) is 3.76. The molecule has 5 heteroatoms. The van der Waals surface area contributed by atoms with E-state index in [1.165, 1.54) is 7.11 Å². The van der Waals surface area contributed by atoms with Crippen molar-refractivity contribution in [2.75, 3.05) is 14.2 Å². The number of ether oxygens (including phenoxy) is 2. The molecule has 0 amide bonds. The third-order valence-electron chi connectivity index (χ3n) is 4.25. The second kappa shape index (κ2) is 7.30. The summed E-state index contributed by atoms with van der Waals surface area (Å²) in [6.07, 6.45) is 2.42. The van der Waals surface area contributed by atoms with Gasteiger partial charge < -0.3 is 9.47 Å². The highest BCUT2D eigenvalue weighted by Gasteiger charge is 2.25. The predicted octanol–water partition coefficient (Wildman–Crippen LogP) is 3.17. The zero-order valence-electron chi connectivity index (χ0n) is 14.2. The number of hydrogen-bond acceptors (Lipinski definition) is 5. The summed E-state index contributed by atoms with van der Waals surface area (Å²) in [6.45, 7) is 0. The van der Waals surface area contributed by atoms with Crippen molar-refractivity contribution in [3.8, 4) is 5.75 Å². The highest BCUT2D eigenvalue weighted by atomic mass is 16.5. The molecule has 0 bridgehead atoms. The molecule has 0 radical (unpaired) electrons. The molecule has 0 aromatic heterocycles. The fraction of sp³-hybridized carbons (Fsp3) is 0.250. The van der Waals surface area contributed by atoms with Crippen molar-refractivity contribution in [3.05, 3.63) is 59.2 Å². The van der Waals surface area contributed by atoms with Gasteiger partial charge in [0.25, 0.3) is 0 Å². The van der Waals surface area contributed by atoms with E-state index in [1.54, 1.807) is 31.5 Å². The van der Waals surface area contributed by atoms with Gasteiger partial charge in [0.15, 0.2) is 5.78 Å². The lowest BCUT2D eigenvalue weighted by Crippen LogP contribution is -2.22. The molecular formula is C20H19NO4. The second-order valence-corrected chi connectivity index (χ2v) is 5.91. The summed E-state index contributed by atoms with van der Waals surface area (Å²) in [4.78, 5) is 28.7. The van der Waals surface area contributed by atoms with E-state index < -0.39 is 0 Å². The lowest BCUT2D eigenvalue weighted by Gasteiger charge is -2.18. The Balaban J connectivity index is 1.79. The van der Waals surface area contributed by atoms with Gasteiger partial charge in [-0.2, -0.15) is 0 Å². The van der Waals surface area contributed by atoms with Gasteiger partial charge in [0.1, 0.15) is 5.75 Å². The van der Waals surface area contributed by atoms with Crippen molar-refractivity contribution in [1.82, 2.24) is 0 Å². The minimum Gasteiger partial charge on any atom is -0.497 e. The van der Waals surface area contributed by atoms with Crippen LogP contribution in [0.15, 0.2) is 47.5 Å². The summed E-state index contributed by atoms with van der Waals surface area (Å²) in [5.74, 6) is 0.161. The zero-order chi connectivity index (χ0) is 17.8. The maximum Gasteiger partial charge on any atom is 0.309 e. The third-order valence-corrected chi connectivity index (χ3v) is 4.25. The normalized spacial score (nSPS) is 15.6. The van der Waals surface area contributed by atoms with Gasteiger partial charge in [-0.25, -0.2) is 0 Å².